The molecule has 75 heavy (non-hydrogen) atoms. The zero-order valence-electron chi connectivity index (χ0n) is 49.2. The molecule has 0 aromatic heterocycles. The molecule has 0 aromatic rings. The van der Waals surface area contributed by atoms with Crippen molar-refractivity contribution < 1.29 is 37.3 Å². The summed E-state index contributed by atoms with van der Waals surface area (Å²) in [6.07, 6.45) is 72.6. The average molecular weight is 1070 g/mol. The van der Waals surface area contributed by atoms with Crippen LogP contribution in [0.15, 0.2) is 97.2 Å². The maximum atomic E-state index is 13.4. The lowest BCUT2D eigenvalue weighted by Crippen LogP contribution is -2.47. The SMILES string of the molecule is CC/C=C\C/C=C\C/C=C\C/C=C\C/C=C\CCCCCCCCCCCC(=O)OC(/C=C\CCCCCCCCCCC)C(COP(=O)([O-])OCC[N+](C)(C)C)NC(=O)CC/C=C/C/C=C\CCCCCCCC. The number of hydrogen-bond acceptors (Lipinski definition) is 7. The van der Waals surface area contributed by atoms with E-state index in [1.165, 1.54) is 116 Å². The second kappa shape index (κ2) is 54.3. The number of phosphoric ester groups is 1. The van der Waals surface area contributed by atoms with Crippen LogP contribution in [0.25, 0.3) is 0 Å². The Kier molecular flexibility index (Phi) is 52.1. The van der Waals surface area contributed by atoms with Crippen LogP contribution in [0, 0.1) is 0 Å². The van der Waals surface area contributed by atoms with E-state index in [2.05, 4.69) is 105 Å². The van der Waals surface area contributed by atoms with E-state index in [0.717, 1.165) is 89.9 Å². The van der Waals surface area contributed by atoms with Gasteiger partial charge in [0.15, 0.2) is 0 Å². The Morgan fingerprint density at radius 2 is 0.867 bits per heavy atom. The molecule has 9 nitrogen and oxygen atoms in total. The molecular weight excluding hydrogens is 952 g/mol. The molecule has 0 aliphatic rings. The summed E-state index contributed by atoms with van der Waals surface area (Å²) in [4.78, 5) is 39.8. The van der Waals surface area contributed by atoms with E-state index in [4.69, 9.17) is 13.8 Å². The van der Waals surface area contributed by atoms with E-state index in [9.17, 15) is 19.0 Å². The Morgan fingerprint density at radius 1 is 0.480 bits per heavy atom. The van der Waals surface area contributed by atoms with Crippen molar-refractivity contribution in [2.75, 3.05) is 40.9 Å². The van der Waals surface area contributed by atoms with Gasteiger partial charge in [-0.25, -0.2) is 0 Å². The van der Waals surface area contributed by atoms with Gasteiger partial charge in [-0.05, 0) is 96.0 Å². The van der Waals surface area contributed by atoms with E-state index in [-0.39, 0.29) is 31.3 Å². The van der Waals surface area contributed by atoms with Crippen LogP contribution in [0.3, 0.4) is 0 Å². The number of likely N-dealkylation sites (N-methyl/N-ethyl adjacent to an activating group) is 1. The summed E-state index contributed by atoms with van der Waals surface area (Å²) in [5, 5.41) is 2.98. The lowest BCUT2D eigenvalue weighted by molar-refractivity contribution is -0.870. The molecule has 3 unspecified atom stereocenters. The Labute approximate surface area is 462 Å². The van der Waals surface area contributed by atoms with E-state index >= 15 is 0 Å². The number of nitrogens with zero attached hydrogens (tertiary/aromatic N) is 1. The highest BCUT2D eigenvalue weighted by Gasteiger charge is 2.27. The monoisotopic (exact) mass is 1070 g/mol. The van der Waals surface area contributed by atoms with Crippen LogP contribution in [-0.2, 0) is 27.9 Å². The molecule has 1 amide bonds. The molecule has 0 bridgehead atoms. The number of phosphoric acid groups is 1. The van der Waals surface area contributed by atoms with Crippen LogP contribution in [0.2, 0.25) is 0 Å². The second-order valence-corrected chi connectivity index (χ2v) is 22.9. The van der Waals surface area contributed by atoms with Crippen molar-refractivity contribution >= 4 is 19.7 Å². The van der Waals surface area contributed by atoms with E-state index in [1.54, 1.807) is 0 Å². The Morgan fingerprint density at radius 3 is 1.31 bits per heavy atom. The fraction of sp³-hybridized carbons (Fsp3) is 0.723. The first kappa shape index (κ1) is 71.9. The number of ether oxygens (including phenoxy) is 1. The summed E-state index contributed by atoms with van der Waals surface area (Å²) in [5.41, 5.74) is 0. The van der Waals surface area contributed by atoms with Crippen LogP contribution in [0.4, 0.5) is 0 Å². The summed E-state index contributed by atoms with van der Waals surface area (Å²) in [6, 6.07) is -0.925. The molecule has 0 heterocycles. The van der Waals surface area contributed by atoms with Gasteiger partial charge in [0.2, 0.25) is 5.91 Å². The Balaban J connectivity index is 5.19. The van der Waals surface area contributed by atoms with Gasteiger partial charge < -0.3 is 28.5 Å². The van der Waals surface area contributed by atoms with Crippen molar-refractivity contribution in [1.82, 2.24) is 5.32 Å². The molecule has 0 rings (SSSR count). The van der Waals surface area contributed by atoms with Gasteiger partial charge in [0.25, 0.3) is 7.82 Å². The van der Waals surface area contributed by atoms with Gasteiger partial charge in [-0.2, -0.15) is 0 Å². The van der Waals surface area contributed by atoms with Crippen molar-refractivity contribution in [1.29, 1.82) is 0 Å². The minimum Gasteiger partial charge on any atom is -0.756 e. The molecule has 0 saturated carbocycles. The molecule has 0 saturated heterocycles. The number of hydrogen-bond donors (Lipinski definition) is 1. The third-order valence-electron chi connectivity index (χ3n) is 13.0. The first-order valence-corrected chi connectivity index (χ1v) is 32.0. The first-order valence-electron chi connectivity index (χ1n) is 30.5. The summed E-state index contributed by atoms with van der Waals surface area (Å²) in [7, 11) is 1.14. The molecule has 432 valence electrons. The van der Waals surface area contributed by atoms with Gasteiger partial charge in [-0.1, -0.05) is 240 Å². The van der Waals surface area contributed by atoms with Gasteiger partial charge in [0, 0.05) is 12.8 Å². The fourth-order valence-corrected chi connectivity index (χ4v) is 9.03. The minimum absolute atomic E-state index is 0.0363. The number of nitrogens with one attached hydrogen (secondary N) is 1. The molecule has 3 atom stereocenters. The van der Waals surface area contributed by atoms with Crippen molar-refractivity contribution in [3.05, 3.63) is 97.2 Å². The van der Waals surface area contributed by atoms with E-state index < -0.39 is 26.6 Å². The molecule has 0 spiro atoms. The first-order chi connectivity index (χ1) is 36.4. The van der Waals surface area contributed by atoms with E-state index in [0.29, 0.717) is 23.9 Å². The van der Waals surface area contributed by atoms with Gasteiger partial charge in [0.05, 0.1) is 33.8 Å². The second-order valence-electron chi connectivity index (χ2n) is 21.5. The van der Waals surface area contributed by atoms with Crippen LogP contribution in [-0.4, -0.2) is 69.4 Å². The van der Waals surface area contributed by atoms with Crippen LogP contribution < -0.4 is 10.2 Å². The number of amides is 1. The largest absolute Gasteiger partial charge is 0.756 e. The number of carbonyl (C=O) groups excluding carboxylic acids is 2. The third kappa shape index (κ3) is 55.5. The quantitative estimate of drug-likeness (QED) is 0.0212. The topological polar surface area (TPSA) is 114 Å². The summed E-state index contributed by atoms with van der Waals surface area (Å²) in [6.45, 7) is 6.65. The number of allylic oxidation sites excluding steroid dienone is 15. The highest BCUT2D eigenvalue weighted by Crippen LogP contribution is 2.38. The molecule has 10 heteroatoms. The standard InChI is InChI=1S/C65H115N2O7P/c1-7-10-13-16-19-22-25-27-28-29-30-31-32-33-34-35-36-37-38-40-43-46-49-52-55-58-65(69)74-63(56-53-50-47-44-41-24-21-18-15-12-9-3)62(61-73-75(70,71)72-60-59-67(4,5)6)66-64(68)57-54-51-48-45-42-39-26-23-20-17-14-11-8-2/h10,13,19,22,27-28,30-31,33-34,39,42,48,51,53,56,62-63H,7-9,11-12,14-18,20-21,23-26,29,32,35-38,40-41,43-47,49-50,52,54-55,57-61H2,1-6H3,(H-,66,68,70,71)/b13-10-,22-19-,28-27-,31-30-,34-33-,42-39-,51-48+,56-53-. The number of quaternary nitrogens is 1. The number of esters is 1. The van der Waals surface area contributed by atoms with Crippen molar-refractivity contribution in [2.45, 2.75) is 264 Å². The van der Waals surface area contributed by atoms with Crippen LogP contribution in [0.1, 0.15) is 252 Å². The van der Waals surface area contributed by atoms with Gasteiger partial charge in [0.1, 0.15) is 19.3 Å². The van der Waals surface area contributed by atoms with Gasteiger partial charge in [-0.15, -0.1) is 0 Å². The summed E-state index contributed by atoms with van der Waals surface area (Å²) >= 11 is 0. The lowest BCUT2D eigenvalue weighted by atomic mass is 10.1. The van der Waals surface area contributed by atoms with Crippen molar-refractivity contribution in [3.63, 3.8) is 0 Å². The number of rotatable bonds is 54. The minimum atomic E-state index is -4.71. The predicted molar refractivity (Wildman–Crippen MR) is 321 cm³/mol. The normalized spacial score (nSPS) is 14.4. The zero-order valence-corrected chi connectivity index (χ0v) is 50.1. The third-order valence-corrected chi connectivity index (χ3v) is 14.0. The highest BCUT2D eigenvalue weighted by molar-refractivity contribution is 7.45. The highest BCUT2D eigenvalue weighted by atomic mass is 31.2. The van der Waals surface area contributed by atoms with Crippen molar-refractivity contribution in [2.24, 2.45) is 0 Å². The molecule has 0 aliphatic heterocycles. The maximum absolute atomic E-state index is 13.4. The number of unbranched alkanes of at least 4 members (excludes halogenated alkanes) is 24. The predicted octanol–water partition coefficient (Wildman–Crippen LogP) is 18.1. The molecule has 0 aromatic carbocycles. The zero-order chi connectivity index (χ0) is 55.0. The molecule has 1 N–H and O–H groups in total. The van der Waals surface area contributed by atoms with Crippen LogP contribution in [0.5, 0.6) is 0 Å². The van der Waals surface area contributed by atoms with Gasteiger partial charge >= 0.3 is 5.97 Å². The molecular formula is C65H115N2O7P. The van der Waals surface area contributed by atoms with E-state index in [1.807, 2.05) is 39.4 Å². The van der Waals surface area contributed by atoms with Crippen molar-refractivity contribution in [3.8, 4) is 0 Å². The molecule has 0 aliphatic carbocycles. The molecule has 0 fully saturated rings. The summed E-state index contributed by atoms with van der Waals surface area (Å²) in [5.74, 6) is -0.631. The average Bonchev–Trinajstić information content (AvgIpc) is 3.37. The number of carbonyl (C=O) groups is 2. The van der Waals surface area contributed by atoms with Gasteiger partial charge in [-0.3, -0.25) is 14.2 Å². The Bertz CT molecular complexity index is 1610. The Hall–Kier alpha value is -3.07. The fourth-order valence-electron chi connectivity index (χ4n) is 8.30. The lowest BCUT2D eigenvalue weighted by Gasteiger charge is -2.30. The van der Waals surface area contributed by atoms with Crippen LogP contribution >= 0.6 is 7.82 Å². The molecule has 0 radical (unpaired) electrons. The maximum Gasteiger partial charge on any atom is 0.306 e. The summed E-state index contributed by atoms with van der Waals surface area (Å²) < 4.78 is 30.2. The smallest absolute Gasteiger partial charge is 0.306 e.